The van der Waals surface area contributed by atoms with Crippen LogP contribution in [-0.2, 0) is 16.0 Å². The predicted molar refractivity (Wildman–Crippen MR) is 126 cm³/mol. The lowest BCUT2D eigenvalue weighted by Gasteiger charge is -2.44. The molecular formula is C25H35N5O3. The molecule has 0 spiro atoms. The smallest absolute Gasteiger partial charge is 0.177 e. The van der Waals surface area contributed by atoms with E-state index in [0.29, 0.717) is 42.3 Å². The molecule has 0 radical (unpaired) electrons. The number of hydrogen-bond acceptors (Lipinski definition) is 7. The highest BCUT2D eigenvalue weighted by atomic mass is 16.7. The SMILES string of the molecule is CC(C)Oc1cc(C#CCN2CC(C)(C)C2)cnc1-c1cn(CC2OCC(C)(C)CO2)nn1. The number of likely N-dealkylation sites (tertiary alicyclic amines) is 1. The molecule has 178 valence electrons. The third kappa shape index (κ3) is 6.32. The fraction of sp³-hybridized carbons (Fsp3) is 0.640. The Labute approximate surface area is 196 Å². The van der Waals surface area contributed by atoms with Crippen LogP contribution >= 0.6 is 0 Å². The van der Waals surface area contributed by atoms with Gasteiger partial charge in [0.1, 0.15) is 17.1 Å². The van der Waals surface area contributed by atoms with Gasteiger partial charge in [0.15, 0.2) is 6.29 Å². The van der Waals surface area contributed by atoms with E-state index in [1.54, 1.807) is 10.9 Å². The van der Waals surface area contributed by atoms with Crippen molar-refractivity contribution in [1.29, 1.82) is 0 Å². The summed E-state index contributed by atoms with van der Waals surface area (Å²) in [5.41, 5.74) is 2.56. The number of pyridine rings is 1. The fourth-order valence-electron chi connectivity index (χ4n) is 4.06. The number of hydrogen-bond donors (Lipinski definition) is 0. The van der Waals surface area contributed by atoms with E-state index in [4.69, 9.17) is 14.2 Å². The monoisotopic (exact) mass is 453 g/mol. The molecule has 0 atom stereocenters. The summed E-state index contributed by atoms with van der Waals surface area (Å²) in [6.45, 7) is 17.5. The third-order valence-corrected chi connectivity index (χ3v) is 5.49. The van der Waals surface area contributed by atoms with E-state index in [1.807, 2.05) is 26.1 Å². The first-order valence-corrected chi connectivity index (χ1v) is 11.6. The Morgan fingerprint density at radius 3 is 2.55 bits per heavy atom. The number of nitrogens with zero attached hydrogens (tertiary/aromatic N) is 5. The molecule has 0 aliphatic carbocycles. The molecule has 2 fully saturated rings. The van der Waals surface area contributed by atoms with Gasteiger partial charge in [-0.15, -0.1) is 5.10 Å². The van der Waals surface area contributed by atoms with E-state index in [9.17, 15) is 0 Å². The van der Waals surface area contributed by atoms with Crippen molar-refractivity contribution in [1.82, 2.24) is 24.9 Å². The van der Waals surface area contributed by atoms with Gasteiger partial charge in [0, 0.05) is 30.3 Å². The van der Waals surface area contributed by atoms with Crippen molar-refractivity contribution < 1.29 is 14.2 Å². The minimum absolute atomic E-state index is 0.000448. The Bertz CT molecular complexity index is 1020. The molecule has 2 saturated heterocycles. The Morgan fingerprint density at radius 1 is 1.15 bits per heavy atom. The summed E-state index contributed by atoms with van der Waals surface area (Å²) in [5, 5.41) is 8.55. The zero-order chi connectivity index (χ0) is 23.6. The number of ether oxygens (including phenoxy) is 3. The third-order valence-electron chi connectivity index (χ3n) is 5.49. The quantitative estimate of drug-likeness (QED) is 0.622. The molecule has 8 nitrogen and oxygen atoms in total. The summed E-state index contributed by atoms with van der Waals surface area (Å²) >= 11 is 0. The van der Waals surface area contributed by atoms with E-state index >= 15 is 0 Å². The molecule has 0 aromatic carbocycles. The van der Waals surface area contributed by atoms with Crippen molar-refractivity contribution >= 4 is 0 Å². The lowest BCUT2D eigenvalue weighted by molar-refractivity contribution is -0.227. The molecule has 33 heavy (non-hydrogen) atoms. The second-order valence-corrected chi connectivity index (χ2v) is 10.9. The molecule has 2 aromatic heterocycles. The van der Waals surface area contributed by atoms with Gasteiger partial charge >= 0.3 is 0 Å². The van der Waals surface area contributed by atoms with Crippen LogP contribution < -0.4 is 4.74 Å². The zero-order valence-corrected chi connectivity index (χ0v) is 20.6. The maximum Gasteiger partial charge on any atom is 0.177 e. The molecule has 8 heteroatoms. The first-order valence-electron chi connectivity index (χ1n) is 11.6. The molecule has 2 aliphatic rings. The van der Waals surface area contributed by atoms with Crippen LogP contribution in [0.3, 0.4) is 0 Å². The standard InChI is InChI=1S/C25H35N5O3/c1-18(2)33-21-10-19(8-7-9-29-14-24(3,4)15-29)11-26-23(21)20-12-30(28-27-20)13-22-31-16-25(5,6)17-32-22/h10-12,18,22H,9,13-17H2,1-6H3. The lowest BCUT2D eigenvalue weighted by Crippen LogP contribution is -2.52. The van der Waals surface area contributed by atoms with Gasteiger partial charge in [-0.1, -0.05) is 44.7 Å². The zero-order valence-electron chi connectivity index (χ0n) is 20.6. The number of rotatable bonds is 6. The van der Waals surface area contributed by atoms with E-state index in [0.717, 1.165) is 25.2 Å². The molecular weight excluding hydrogens is 418 g/mol. The average Bonchev–Trinajstić information content (AvgIpc) is 3.16. The van der Waals surface area contributed by atoms with Crippen LogP contribution in [0.2, 0.25) is 0 Å². The summed E-state index contributed by atoms with van der Waals surface area (Å²) < 4.78 is 19.4. The first kappa shape index (κ1) is 23.7. The van der Waals surface area contributed by atoms with Crippen LogP contribution in [0.5, 0.6) is 5.75 Å². The van der Waals surface area contributed by atoms with E-state index in [-0.39, 0.29) is 17.8 Å². The minimum atomic E-state index is -0.332. The molecule has 0 N–H and O–H groups in total. The predicted octanol–water partition coefficient (Wildman–Crippen LogP) is 3.22. The van der Waals surface area contributed by atoms with E-state index < -0.39 is 0 Å². The van der Waals surface area contributed by atoms with Gasteiger partial charge in [-0.2, -0.15) is 0 Å². The van der Waals surface area contributed by atoms with Crippen molar-refractivity contribution in [2.45, 2.75) is 60.5 Å². The largest absolute Gasteiger partial charge is 0.489 e. The second kappa shape index (κ2) is 9.41. The van der Waals surface area contributed by atoms with Crippen molar-refractivity contribution in [3.8, 4) is 29.0 Å². The first-order chi connectivity index (χ1) is 15.6. The molecule has 0 bridgehead atoms. The maximum atomic E-state index is 6.04. The molecule has 2 aromatic rings. The van der Waals surface area contributed by atoms with E-state index in [1.165, 1.54) is 0 Å². The summed E-state index contributed by atoms with van der Waals surface area (Å²) in [7, 11) is 0. The Hall–Kier alpha value is -2.47. The average molecular weight is 454 g/mol. The fourth-order valence-corrected chi connectivity index (χ4v) is 4.06. The van der Waals surface area contributed by atoms with Gasteiger partial charge in [-0.25, -0.2) is 9.67 Å². The highest BCUT2D eigenvalue weighted by molar-refractivity contribution is 5.63. The summed E-state index contributed by atoms with van der Waals surface area (Å²) in [6, 6.07) is 1.93. The highest BCUT2D eigenvalue weighted by Crippen LogP contribution is 2.29. The summed E-state index contributed by atoms with van der Waals surface area (Å²) in [4.78, 5) is 6.96. The Kier molecular flexibility index (Phi) is 6.76. The van der Waals surface area contributed by atoms with Gasteiger partial charge in [0.05, 0.1) is 38.6 Å². The van der Waals surface area contributed by atoms with Crippen LogP contribution in [-0.4, -0.2) is 70.1 Å². The topological polar surface area (TPSA) is 74.5 Å². The molecule has 4 rings (SSSR count). The van der Waals surface area contributed by atoms with Crippen molar-refractivity contribution in [3.05, 3.63) is 24.0 Å². The van der Waals surface area contributed by atoms with Gasteiger partial charge < -0.3 is 14.2 Å². The van der Waals surface area contributed by atoms with E-state index in [2.05, 4.69) is 59.7 Å². The van der Waals surface area contributed by atoms with Crippen molar-refractivity contribution in [2.75, 3.05) is 32.8 Å². The van der Waals surface area contributed by atoms with Gasteiger partial charge in [0.25, 0.3) is 0 Å². The van der Waals surface area contributed by atoms with Crippen LogP contribution in [0.15, 0.2) is 18.5 Å². The van der Waals surface area contributed by atoms with Crippen LogP contribution in [0.25, 0.3) is 11.4 Å². The van der Waals surface area contributed by atoms with Crippen LogP contribution in [0.1, 0.15) is 47.1 Å². The minimum Gasteiger partial charge on any atom is -0.489 e. The highest BCUT2D eigenvalue weighted by Gasteiger charge is 2.33. The normalized spacial score (nSPS) is 20.2. The lowest BCUT2D eigenvalue weighted by atomic mass is 9.84. The van der Waals surface area contributed by atoms with Gasteiger partial charge in [-0.05, 0) is 25.3 Å². The molecule has 4 heterocycles. The molecule has 0 amide bonds. The van der Waals surface area contributed by atoms with Crippen molar-refractivity contribution in [3.63, 3.8) is 0 Å². The molecule has 0 unspecified atom stereocenters. The molecule has 0 saturated carbocycles. The van der Waals surface area contributed by atoms with Gasteiger partial charge in [0.2, 0.25) is 0 Å². The maximum absolute atomic E-state index is 6.04. The summed E-state index contributed by atoms with van der Waals surface area (Å²) in [6.07, 6.45) is 3.28. The molecule has 2 aliphatic heterocycles. The van der Waals surface area contributed by atoms with Crippen LogP contribution in [0, 0.1) is 22.7 Å². The Morgan fingerprint density at radius 2 is 1.88 bits per heavy atom. The van der Waals surface area contributed by atoms with Crippen molar-refractivity contribution in [2.24, 2.45) is 10.8 Å². The van der Waals surface area contributed by atoms with Gasteiger partial charge in [-0.3, -0.25) is 4.90 Å². The van der Waals surface area contributed by atoms with Crippen LogP contribution in [0.4, 0.5) is 0 Å². The summed E-state index contributed by atoms with van der Waals surface area (Å²) in [5.74, 6) is 7.13. The second-order valence-electron chi connectivity index (χ2n) is 10.9. The Balaban J connectivity index is 1.45. The number of aromatic nitrogens is 4.